The van der Waals surface area contributed by atoms with Gasteiger partial charge in [-0.25, -0.2) is 0 Å². The first-order valence-electron chi connectivity index (χ1n) is 8.59. The molecule has 0 spiro atoms. The number of fused-ring (bicyclic) bond motifs is 1. The van der Waals surface area contributed by atoms with E-state index in [0.717, 1.165) is 37.2 Å². The molecule has 1 unspecified atom stereocenters. The van der Waals surface area contributed by atoms with E-state index in [9.17, 15) is 4.79 Å². The Bertz CT molecular complexity index is 561. The lowest BCUT2D eigenvalue weighted by atomic mass is 9.81. The maximum atomic E-state index is 12.9. The smallest absolute Gasteiger partial charge is 0.242 e. The first-order valence-corrected chi connectivity index (χ1v) is 8.59. The Morgan fingerprint density at radius 3 is 2.58 bits per heavy atom. The van der Waals surface area contributed by atoms with Crippen LogP contribution in [0.2, 0.25) is 0 Å². The number of nitrogens with zero attached hydrogens (tertiary/aromatic N) is 1. The van der Waals surface area contributed by atoms with E-state index in [4.69, 9.17) is 15.2 Å². The summed E-state index contributed by atoms with van der Waals surface area (Å²) in [5, 5.41) is 0. The highest BCUT2D eigenvalue weighted by Crippen LogP contribution is 2.32. The van der Waals surface area contributed by atoms with E-state index in [2.05, 4.69) is 0 Å². The Morgan fingerprint density at radius 2 is 1.92 bits per heavy atom. The van der Waals surface area contributed by atoms with E-state index in [0.29, 0.717) is 19.7 Å². The van der Waals surface area contributed by atoms with Crippen LogP contribution in [0.15, 0.2) is 24.3 Å². The van der Waals surface area contributed by atoms with Gasteiger partial charge in [-0.3, -0.25) is 4.79 Å². The molecular weight excluding hydrogens is 328 g/mol. The van der Waals surface area contributed by atoms with Gasteiger partial charge in [0.05, 0.1) is 12.1 Å². The number of carbonyl (C=O) groups is 1. The molecule has 134 valence electrons. The molecule has 1 aromatic carbocycles. The van der Waals surface area contributed by atoms with E-state index in [1.165, 1.54) is 6.42 Å². The summed E-state index contributed by atoms with van der Waals surface area (Å²) in [4.78, 5) is 14.7. The molecule has 1 fully saturated rings. The van der Waals surface area contributed by atoms with Gasteiger partial charge in [0.2, 0.25) is 5.91 Å². The zero-order valence-electron chi connectivity index (χ0n) is 14.2. The number of carbonyl (C=O) groups excluding carboxylic acids is 1. The molecule has 1 amide bonds. The SMILES string of the molecule is CCN(CC1COc2ccccc2O1)C(=O)C1(N)CCCCC1.Cl. The van der Waals surface area contributed by atoms with Gasteiger partial charge < -0.3 is 20.1 Å². The number of para-hydroxylation sites is 2. The minimum atomic E-state index is -0.693. The van der Waals surface area contributed by atoms with Crippen molar-refractivity contribution in [1.29, 1.82) is 0 Å². The lowest BCUT2D eigenvalue weighted by Crippen LogP contribution is -2.58. The summed E-state index contributed by atoms with van der Waals surface area (Å²) in [7, 11) is 0. The summed E-state index contributed by atoms with van der Waals surface area (Å²) in [6.07, 6.45) is 4.67. The lowest BCUT2D eigenvalue weighted by molar-refractivity contribution is -0.139. The van der Waals surface area contributed by atoms with E-state index < -0.39 is 5.54 Å². The number of amides is 1. The Kier molecular flexibility index (Phi) is 6.35. The zero-order valence-corrected chi connectivity index (χ0v) is 15.0. The maximum absolute atomic E-state index is 12.9. The molecule has 0 saturated heterocycles. The van der Waals surface area contributed by atoms with Gasteiger partial charge in [-0.05, 0) is 31.9 Å². The zero-order chi connectivity index (χ0) is 16.3. The third kappa shape index (κ3) is 3.95. The van der Waals surface area contributed by atoms with E-state index in [-0.39, 0.29) is 24.4 Å². The normalized spacial score (nSPS) is 21.5. The van der Waals surface area contributed by atoms with Crippen molar-refractivity contribution in [2.45, 2.75) is 50.7 Å². The molecule has 1 aromatic rings. The van der Waals surface area contributed by atoms with Crippen molar-refractivity contribution in [3.63, 3.8) is 0 Å². The topological polar surface area (TPSA) is 64.8 Å². The fourth-order valence-corrected chi connectivity index (χ4v) is 3.47. The molecule has 2 aliphatic rings. The maximum Gasteiger partial charge on any atom is 0.242 e. The number of likely N-dealkylation sites (N-methyl/N-ethyl adjacent to an activating group) is 1. The molecule has 24 heavy (non-hydrogen) atoms. The monoisotopic (exact) mass is 354 g/mol. The van der Waals surface area contributed by atoms with Crippen LogP contribution in [0, 0.1) is 0 Å². The molecule has 1 aliphatic heterocycles. The number of rotatable bonds is 4. The number of ether oxygens (including phenoxy) is 2. The molecule has 5 nitrogen and oxygen atoms in total. The molecule has 3 rings (SSSR count). The van der Waals surface area contributed by atoms with Crippen LogP contribution < -0.4 is 15.2 Å². The third-order valence-electron chi connectivity index (χ3n) is 4.83. The summed E-state index contributed by atoms with van der Waals surface area (Å²) in [6, 6.07) is 7.63. The van der Waals surface area contributed by atoms with Crippen LogP contribution in [0.4, 0.5) is 0 Å². The van der Waals surface area contributed by atoms with Crippen molar-refractivity contribution in [2.75, 3.05) is 19.7 Å². The highest BCUT2D eigenvalue weighted by Gasteiger charge is 2.39. The van der Waals surface area contributed by atoms with Crippen molar-refractivity contribution in [1.82, 2.24) is 4.90 Å². The summed E-state index contributed by atoms with van der Waals surface area (Å²) < 4.78 is 11.7. The Morgan fingerprint density at radius 1 is 1.25 bits per heavy atom. The van der Waals surface area contributed by atoms with Crippen LogP contribution >= 0.6 is 12.4 Å². The molecule has 1 heterocycles. The van der Waals surface area contributed by atoms with Gasteiger partial charge in [-0.1, -0.05) is 31.4 Å². The van der Waals surface area contributed by atoms with Crippen LogP contribution in [0.1, 0.15) is 39.0 Å². The molecule has 2 N–H and O–H groups in total. The largest absolute Gasteiger partial charge is 0.486 e. The Labute approximate surface area is 149 Å². The Hall–Kier alpha value is -1.46. The minimum absolute atomic E-state index is 0. The van der Waals surface area contributed by atoms with Crippen LogP contribution in [-0.4, -0.2) is 42.1 Å². The van der Waals surface area contributed by atoms with Crippen molar-refractivity contribution >= 4 is 18.3 Å². The molecule has 1 aliphatic carbocycles. The highest BCUT2D eigenvalue weighted by atomic mass is 35.5. The quantitative estimate of drug-likeness (QED) is 0.903. The predicted octanol–water partition coefficient (Wildman–Crippen LogP) is 2.76. The van der Waals surface area contributed by atoms with Crippen LogP contribution in [-0.2, 0) is 4.79 Å². The minimum Gasteiger partial charge on any atom is -0.486 e. The lowest BCUT2D eigenvalue weighted by Gasteiger charge is -2.38. The predicted molar refractivity (Wildman–Crippen MR) is 95.9 cm³/mol. The summed E-state index contributed by atoms with van der Waals surface area (Å²) in [5.74, 6) is 1.57. The van der Waals surface area contributed by atoms with Crippen molar-refractivity contribution in [3.05, 3.63) is 24.3 Å². The van der Waals surface area contributed by atoms with Gasteiger partial charge in [0, 0.05) is 6.54 Å². The number of nitrogens with two attached hydrogens (primary N) is 1. The second kappa shape index (κ2) is 8.08. The number of hydrogen-bond donors (Lipinski definition) is 1. The fourth-order valence-electron chi connectivity index (χ4n) is 3.47. The average molecular weight is 355 g/mol. The average Bonchev–Trinajstić information content (AvgIpc) is 2.59. The summed E-state index contributed by atoms with van der Waals surface area (Å²) in [6.45, 7) is 3.60. The molecular formula is C18H27ClN2O3. The van der Waals surface area contributed by atoms with Gasteiger partial charge in [-0.15, -0.1) is 12.4 Å². The van der Waals surface area contributed by atoms with Gasteiger partial charge >= 0.3 is 0 Å². The molecule has 1 saturated carbocycles. The summed E-state index contributed by atoms with van der Waals surface area (Å²) >= 11 is 0. The van der Waals surface area contributed by atoms with Gasteiger partial charge in [0.1, 0.15) is 6.61 Å². The highest BCUT2D eigenvalue weighted by molar-refractivity contribution is 5.86. The first-order chi connectivity index (χ1) is 11.1. The van der Waals surface area contributed by atoms with Crippen molar-refractivity contribution in [2.24, 2.45) is 5.73 Å². The van der Waals surface area contributed by atoms with E-state index in [1.54, 1.807) is 0 Å². The van der Waals surface area contributed by atoms with E-state index >= 15 is 0 Å². The molecule has 0 radical (unpaired) electrons. The number of halogens is 1. The van der Waals surface area contributed by atoms with Crippen LogP contribution in [0.3, 0.4) is 0 Å². The number of benzene rings is 1. The molecule has 0 aromatic heterocycles. The second-order valence-corrected chi connectivity index (χ2v) is 6.56. The van der Waals surface area contributed by atoms with Gasteiger partial charge in [0.25, 0.3) is 0 Å². The van der Waals surface area contributed by atoms with Crippen molar-refractivity contribution < 1.29 is 14.3 Å². The fraction of sp³-hybridized carbons (Fsp3) is 0.611. The van der Waals surface area contributed by atoms with Crippen LogP contribution in [0.25, 0.3) is 0 Å². The Balaban J connectivity index is 0.00000208. The van der Waals surface area contributed by atoms with Crippen molar-refractivity contribution in [3.8, 4) is 11.5 Å². The summed E-state index contributed by atoms with van der Waals surface area (Å²) in [5.41, 5.74) is 5.70. The molecule has 1 atom stereocenters. The van der Waals surface area contributed by atoms with Gasteiger partial charge in [-0.2, -0.15) is 0 Å². The first kappa shape index (κ1) is 18.9. The number of hydrogen-bond acceptors (Lipinski definition) is 4. The van der Waals surface area contributed by atoms with Crippen LogP contribution in [0.5, 0.6) is 11.5 Å². The van der Waals surface area contributed by atoms with E-state index in [1.807, 2.05) is 36.1 Å². The van der Waals surface area contributed by atoms with Gasteiger partial charge in [0.15, 0.2) is 17.6 Å². The second-order valence-electron chi connectivity index (χ2n) is 6.56. The molecule has 6 heteroatoms. The standard InChI is InChI=1S/C18H26N2O3.ClH/c1-2-20(17(21)18(19)10-6-3-7-11-18)12-14-13-22-15-8-4-5-9-16(15)23-14;/h4-5,8-9,14H,2-3,6-7,10-13,19H2,1H3;1H. The molecule has 0 bridgehead atoms. The third-order valence-corrected chi connectivity index (χ3v) is 4.83.